The van der Waals surface area contributed by atoms with Crippen molar-refractivity contribution >= 4 is 70.6 Å². The molecule has 0 saturated carbocycles. The van der Waals surface area contributed by atoms with Gasteiger partial charge in [0.05, 0.1) is 8.66 Å². The van der Waals surface area contributed by atoms with Crippen LogP contribution in [0.5, 0.6) is 0 Å². The van der Waals surface area contributed by atoms with E-state index >= 15 is 0 Å². The summed E-state index contributed by atoms with van der Waals surface area (Å²) in [5, 5.41) is 0. The van der Waals surface area contributed by atoms with Gasteiger partial charge in [-0.05, 0) is 56.1 Å². The van der Waals surface area contributed by atoms with Crippen molar-refractivity contribution in [3.63, 3.8) is 0 Å². The first-order valence-electron chi connectivity index (χ1n) is 4.53. The van der Waals surface area contributed by atoms with Gasteiger partial charge in [0.25, 0.3) is 0 Å². The molecule has 0 atom stereocenters. The van der Waals surface area contributed by atoms with Gasteiger partial charge in [0.2, 0.25) is 5.78 Å². The molecule has 0 spiro atoms. The van der Waals surface area contributed by atoms with E-state index in [1.165, 1.54) is 11.3 Å². The summed E-state index contributed by atoms with van der Waals surface area (Å²) >= 11 is 11.5. The quantitative estimate of drug-likeness (QED) is 0.537. The van der Waals surface area contributed by atoms with Crippen molar-refractivity contribution in [1.82, 2.24) is 0 Å². The highest BCUT2D eigenvalue weighted by Gasteiger charge is 2.16. The number of thiophene rings is 1. The van der Waals surface area contributed by atoms with E-state index in [0.29, 0.717) is 16.1 Å². The molecule has 0 radical (unpaired) electrons. The normalized spacial score (nSPS) is 10.5. The number of halogens is 3. The molecular weight excluding hydrogens is 434 g/mol. The van der Waals surface area contributed by atoms with Gasteiger partial charge in [-0.1, -0.05) is 15.9 Å². The van der Waals surface area contributed by atoms with Gasteiger partial charge in [-0.3, -0.25) is 4.79 Å². The van der Waals surface area contributed by atoms with Crippen molar-refractivity contribution in [2.24, 2.45) is 0 Å². The van der Waals surface area contributed by atoms with E-state index in [1.807, 2.05) is 0 Å². The van der Waals surface area contributed by atoms with Crippen LogP contribution in [0.1, 0.15) is 15.2 Å². The fraction of sp³-hybridized carbons (Fsp3) is 0. The van der Waals surface area contributed by atoms with Crippen molar-refractivity contribution in [2.75, 3.05) is 5.73 Å². The van der Waals surface area contributed by atoms with Crippen LogP contribution in [0.2, 0.25) is 0 Å². The van der Waals surface area contributed by atoms with Crippen molar-refractivity contribution < 1.29 is 4.79 Å². The van der Waals surface area contributed by atoms with Crippen LogP contribution in [-0.2, 0) is 0 Å². The maximum atomic E-state index is 12.3. The molecule has 6 heteroatoms. The Morgan fingerprint density at radius 1 is 1.12 bits per heavy atom. The minimum Gasteiger partial charge on any atom is -0.399 e. The van der Waals surface area contributed by atoms with Crippen LogP contribution in [0.15, 0.2) is 37.0 Å². The van der Waals surface area contributed by atoms with Crippen LogP contribution in [0.25, 0.3) is 0 Å². The van der Waals surface area contributed by atoms with Crippen LogP contribution in [0.4, 0.5) is 5.69 Å². The zero-order valence-corrected chi connectivity index (χ0v) is 13.9. The Morgan fingerprint density at radius 3 is 2.41 bits per heavy atom. The lowest BCUT2D eigenvalue weighted by Gasteiger charge is -2.02. The lowest BCUT2D eigenvalue weighted by molar-refractivity contribution is 0.104. The number of benzene rings is 1. The van der Waals surface area contributed by atoms with E-state index < -0.39 is 0 Å². The highest BCUT2D eigenvalue weighted by Crippen LogP contribution is 2.34. The van der Waals surface area contributed by atoms with Gasteiger partial charge < -0.3 is 5.73 Å². The molecular formula is C11H6Br3NOS. The largest absolute Gasteiger partial charge is 0.399 e. The molecule has 1 aromatic heterocycles. The van der Waals surface area contributed by atoms with Crippen LogP contribution >= 0.6 is 59.1 Å². The van der Waals surface area contributed by atoms with Gasteiger partial charge in [0, 0.05) is 20.2 Å². The van der Waals surface area contributed by atoms with Gasteiger partial charge in [0.15, 0.2) is 0 Å². The fourth-order valence-corrected chi connectivity index (χ4v) is 3.72. The predicted octanol–water partition coefficient (Wildman–Crippen LogP) is 4.85. The molecule has 2 aromatic rings. The highest BCUT2D eigenvalue weighted by molar-refractivity contribution is 9.13. The number of rotatable bonds is 2. The highest BCUT2D eigenvalue weighted by atomic mass is 79.9. The topological polar surface area (TPSA) is 43.1 Å². The van der Waals surface area contributed by atoms with Crippen molar-refractivity contribution in [2.45, 2.75) is 0 Å². The molecule has 2 nitrogen and oxygen atoms in total. The number of hydrogen-bond acceptors (Lipinski definition) is 3. The summed E-state index contributed by atoms with van der Waals surface area (Å²) in [5.41, 5.74) is 6.84. The lowest BCUT2D eigenvalue weighted by Crippen LogP contribution is -2.01. The average molecular weight is 440 g/mol. The number of nitrogens with two attached hydrogens (primary N) is 1. The lowest BCUT2D eigenvalue weighted by atomic mass is 10.1. The molecule has 0 aliphatic rings. The molecule has 0 saturated heterocycles. The van der Waals surface area contributed by atoms with Gasteiger partial charge in [-0.15, -0.1) is 11.3 Å². The van der Waals surface area contributed by atoms with Gasteiger partial charge >= 0.3 is 0 Å². The van der Waals surface area contributed by atoms with Crippen molar-refractivity contribution in [1.29, 1.82) is 0 Å². The first-order valence-corrected chi connectivity index (χ1v) is 7.73. The average Bonchev–Trinajstić information content (AvgIpc) is 2.62. The SMILES string of the molecule is Nc1ccc(Br)c(C(=O)c2cc(Br)c(Br)s2)c1. The second-order valence-electron chi connectivity index (χ2n) is 3.30. The standard InChI is InChI=1S/C11H6Br3NOS/c12-7-2-1-5(15)3-6(7)10(16)9-4-8(13)11(14)17-9/h1-4H,15H2. The molecule has 0 unspecified atom stereocenters. The molecule has 0 amide bonds. The Labute approximate surface area is 128 Å². The molecule has 0 aliphatic carbocycles. The first kappa shape index (κ1) is 13.3. The molecule has 88 valence electrons. The summed E-state index contributed by atoms with van der Waals surface area (Å²) in [6.45, 7) is 0. The molecule has 0 aliphatic heterocycles. The second kappa shape index (κ2) is 5.22. The number of hydrogen-bond donors (Lipinski definition) is 1. The summed E-state index contributed by atoms with van der Waals surface area (Å²) < 4.78 is 2.53. The third-order valence-corrected chi connectivity index (χ3v) is 6.05. The Hall–Kier alpha value is -0.170. The van der Waals surface area contributed by atoms with E-state index in [1.54, 1.807) is 24.3 Å². The minimum atomic E-state index is -0.0411. The van der Waals surface area contributed by atoms with Gasteiger partial charge in [-0.25, -0.2) is 0 Å². The third kappa shape index (κ3) is 2.81. The molecule has 1 aromatic carbocycles. The number of ketones is 1. The summed E-state index contributed by atoms with van der Waals surface area (Å²) in [5.74, 6) is -0.0411. The first-order chi connectivity index (χ1) is 7.99. The van der Waals surface area contributed by atoms with Crippen molar-refractivity contribution in [3.8, 4) is 0 Å². The summed E-state index contributed by atoms with van der Waals surface area (Å²) in [4.78, 5) is 12.9. The maximum absolute atomic E-state index is 12.3. The molecule has 17 heavy (non-hydrogen) atoms. The zero-order chi connectivity index (χ0) is 12.6. The fourth-order valence-electron chi connectivity index (χ4n) is 1.31. The van der Waals surface area contributed by atoms with E-state index in [-0.39, 0.29) is 5.78 Å². The molecule has 1 heterocycles. The number of carbonyl (C=O) groups is 1. The number of anilines is 1. The summed E-state index contributed by atoms with van der Waals surface area (Å²) in [6, 6.07) is 7.00. The van der Waals surface area contributed by atoms with E-state index in [2.05, 4.69) is 47.8 Å². The third-order valence-electron chi connectivity index (χ3n) is 2.10. The van der Waals surface area contributed by atoms with E-state index in [9.17, 15) is 4.79 Å². The van der Waals surface area contributed by atoms with E-state index in [4.69, 9.17) is 5.73 Å². The maximum Gasteiger partial charge on any atom is 0.204 e. The predicted molar refractivity (Wildman–Crippen MR) is 81.7 cm³/mol. The Kier molecular flexibility index (Phi) is 4.07. The minimum absolute atomic E-state index is 0.0411. The summed E-state index contributed by atoms with van der Waals surface area (Å²) in [7, 11) is 0. The molecule has 2 rings (SSSR count). The Bertz CT molecular complexity index is 575. The van der Waals surface area contributed by atoms with Gasteiger partial charge in [0.1, 0.15) is 0 Å². The Balaban J connectivity index is 2.47. The number of carbonyl (C=O) groups excluding carboxylic acids is 1. The summed E-state index contributed by atoms with van der Waals surface area (Å²) in [6.07, 6.45) is 0. The number of nitrogen functional groups attached to an aromatic ring is 1. The monoisotopic (exact) mass is 437 g/mol. The van der Waals surface area contributed by atoms with Crippen LogP contribution in [0, 0.1) is 0 Å². The van der Waals surface area contributed by atoms with E-state index in [0.717, 1.165) is 12.7 Å². The zero-order valence-electron chi connectivity index (χ0n) is 8.34. The Morgan fingerprint density at radius 2 is 1.82 bits per heavy atom. The van der Waals surface area contributed by atoms with Crippen molar-refractivity contribution in [3.05, 3.63) is 47.4 Å². The van der Waals surface area contributed by atoms with Crippen LogP contribution in [-0.4, -0.2) is 5.78 Å². The molecule has 0 bridgehead atoms. The van der Waals surface area contributed by atoms with Crippen LogP contribution in [0.3, 0.4) is 0 Å². The van der Waals surface area contributed by atoms with Crippen LogP contribution < -0.4 is 5.73 Å². The molecule has 0 fully saturated rings. The molecule has 2 N–H and O–H groups in total. The smallest absolute Gasteiger partial charge is 0.204 e. The second-order valence-corrected chi connectivity index (χ2v) is 7.38. The van der Waals surface area contributed by atoms with Gasteiger partial charge in [-0.2, -0.15) is 0 Å².